The summed E-state index contributed by atoms with van der Waals surface area (Å²) in [5.74, 6) is 0.581. The zero-order chi connectivity index (χ0) is 16.7. The number of aromatic hydroxyl groups is 1. The van der Waals surface area contributed by atoms with Crippen molar-refractivity contribution < 1.29 is 9.50 Å². The molecule has 0 amide bonds. The zero-order valence-corrected chi connectivity index (χ0v) is 12.6. The van der Waals surface area contributed by atoms with Crippen molar-refractivity contribution >= 4 is 11.9 Å². The molecular weight excluding hydrogens is 309 g/mol. The van der Waals surface area contributed by atoms with E-state index in [1.165, 1.54) is 12.1 Å². The third-order valence-electron chi connectivity index (χ3n) is 3.96. The average molecular weight is 323 g/mol. The SMILES string of the molecule is Nc1nc(-c2ccccc2O)nc(N2Cc3ccc(F)cc3C2)n1. The molecule has 0 saturated carbocycles. The summed E-state index contributed by atoms with van der Waals surface area (Å²) in [6, 6.07) is 11.5. The maximum absolute atomic E-state index is 13.4. The zero-order valence-electron chi connectivity index (χ0n) is 12.6. The topological polar surface area (TPSA) is 88.2 Å². The Balaban J connectivity index is 1.72. The van der Waals surface area contributed by atoms with Gasteiger partial charge in [-0.1, -0.05) is 18.2 Å². The van der Waals surface area contributed by atoms with Gasteiger partial charge in [0.15, 0.2) is 5.82 Å². The van der Waals surface area contributed by atoms with Gasteiger partial charge in [-0.15, -0.1) is 0 Å². The first kappa shape index (κ1) is 14.4. The normalized spacial score (nSPS) is 13.1. The van der Waals surface area contributed by atoms with Gasteiger partial charge in [-0.3, -0.25) is 0 Å². The van der Waals surface area contributed by atoms with Crippen molar-refractivity contribution in [1.29, 1.82) is 0 Å². The Labute approximate surface area is 137 Å². The fourth-order valence-corrected chi connectivity index (χ4v) is 2.81. The fraction of sp³-hybridized carbons (Fsp3) is 0.118. The number of nitrogens with zero attached hydrogens (tertiary/aromatic N) is 4. The lowest BCUT2D eigenvalue weighted by Gasteiger charge is -2.16. The van der Waals surface area contributed by atoms with Gasteiger partial charge in [-0.2, -0.15) is 15.0 Å². The highest BCUT2D eigenvalue weighted by Crippen LogP contribution is 2.30. The van der Waals surface area contributed by atoms with Crippen molar-refractivity contribution in [2.75, 3.05) is 10.6 Å². The van der Waals surface area contributed by atoms with Crippen LogP contribution in [0.25, 0.3) is 11.4 Å². The number of nitrogen functional groups attached to an aromatic ring is 1. The number of rotatable bonds is 2. The number of phenolic OH excluding ortho intramolecular Hbond substituents is 1. The summed E-state index contributed by atoms with van der Waals surface area (Å²) in [4.78, 5) is 14.6. The summed E-state index contributed by atoms with van der Waals surface area (Å²) >= 11 is 0. The second-order valence-electron chi connectivity index (χ2n) is 5.60. The molecule has 120 valence electrons. The van der Waals surface area contributed by atoms with Crippen LogP contribution in [0.15, 0.2) is 42.5 Å². The standard InChI is InChI=1S/C17H14FN5O/c18-12-6-5-10-8-23(9-11(10)7-12)17-21-15(20-16(19)22-17)13-3-1-2-4-14(13)24/h1-7,24H,8-9H2,(H2,19,20,21,22). The molecule has 2 aromatic carbocycles. The van der Waals surface area contributed by atoms with E-state index in [1.54, 1.807) is 30.3 Å². The van der Waals surface area contributed by atoms with Gasteiger partial charge in [0.1, 0.15) is 11.6 Å². The molecule has 3 aromatic rings. The highest BCUT2D eigenvalue weighted by molar-refractivity contribution is 5.65. The first-order valence-electron chi connectivity index (χ1n) is 7.42. The molecule has 6 nitrogen and oxygen atoms in total. The van der Waals surface area contributed by atoms with E-state index in [0.717, 1.165) is 11.1 Å². The molecule has 1 aliphatic rings. The Kier molecular flexibility index (Phi) is 3.26. The van der Waals surface area contributed by atoms with Crippen LogP contribution in [-0.4, -0.2) is 20.1 Å². The van der Waals surface area contributed by atoms with Crippen molar-refractivity contribution in [2.24, 2.45) is 0 Å². The summed E-state index contributed by atoms with van der Waals surface area (Å²) in [6.45, 7) is 1.07. The van der Waals surface area contributed by atoms with Crippen LogP contribution in [0.2, 0.25) is 0 Å². The van der Waals surface area contributed by atoms with E-state index in [4.69, 9.17) is 5.73 Å². The second-order valence-corrected chi connectivity index (χ2v) is 5.60. The quantitative estimate of drug-likeness (QED) is 0.753. The van der Waals surface area contributed by atoms with Gasteiger partial charge in [0.05, 0.1) is 5.56 Å². The summed E-state index contributed by atoms with van der Waals surface area (Å²) in [6.07, 6.45) is 0. The van der Waals surface area contributed by atoms with Crippen LogP contribution in [0.4, 0.5) is 16.3 Å². The Morgan fingerprint density at radius 2 is 1.79 bits per heavy atom. The minimum atomic E-state index is -0.263. The Bertz CT molecular complexity index is 931. The van der Waals surface area contributed by atoms with Crippen LogP contribution in [-0.2, 0) is 13.1 Å². The number of aromatic nitrogens is 3. The van der Waals surface area contributed by atoms with Crippen LogP contribution in [0.1, 0.15) is 11.1 Å². The van der Waals surface area contributed by atoms with Crippen molar-refractivity contribution in [3.05, 3.63) is 59.4 Å². The predicted molar refractivity (Wildman–Crippen MR) is 87.6 cm³/mol. The fourth-order valence-electron chi connectivity index (χ4n) is 2.81. The molecule has 7 heteroatoms. The molecule has 0 saturated heterocycles. The number of halogens is 1. The third kappa shape index (κ3) is 2.50. The molecule has 0 bridgehead atoms. The molecule has 1 aromatic heterocycles. The second kappa shape index (κ2) is 5.45. The smallest absolute Gasteiger partial charge is 0.231 e. The van der Waals surface area contributed by atoms with E-state index < -0.39 is 0 Å². The van der Waals surface area contributed by atoms with Gasteiger partial charge in [-0.05, 0) is 35.4 Å². The molecule has 0 unspecified atom stereocenters. The average Bonchev–Trinajstić information content (AvgIpc) is 2.98. The summed E-state index contributed by atoms with van der Waals surface area (Å²) < 4.78 is 13.4. The molecule has 3 N–H and O–H groups in total. The summed E-state index contributed by atoms with van der Waals surface area (Å²) in [5, 5.41) is 9.99. The minimum Gasteiger partial charge on any atom is -0.507 e. The first-order valence-corrected chi connectivity index (χ1v) is 7.42. The molecule has 0 atom stereocenters. The number of hydrogen-bond acceptors (Lipinski definition) is 6. The number of hydrogen-bond donors (Lipinski definition) is 2. The van der Waals surface area contributed by atoms with Crippen LogP contribution in [0.3, 0.4) is 0 Å². The number of nitrogens with two attached hydrogens (primary N) is 1. The lowest BCUT2D eigenvalue weighted by Crippen LogP contribution is -2.19. The van der Waals surface area contributed by atoms with Crippen LogP contribution >= 0.6 is 0 Å². The highest BCUT2D eigenvalue weighted by Gasteiger charge is 2.23. The van der Waals surface area contributed by atoms with Gasteiger partial charge >= 0.3 is 0 Å². The molecule has 0 spiro atoms. The molecule has 2 heterocycles. The predicted octanol–water partition coefficient (Wildman–Crippen LogP) is 2.49. The number of phenols is 1. The summed E-state index contributed by atoms with van der Waals surface area (Å²) in [7, 11) is 0. The number of benzene rings is 2. The van der Waals surface area contributed by atoms with E-state index >= 15 is 0 Å². The van der Waals surface area contributed by atoms with E-state index in [1.807, 2.05) is 4.90 Å². The molecule has 0 aliphatic carbocycles. The monoisotopic (exact) mass is 323 g/mol. The van der Waals surface area contributed by atoms with Crippen LogP contribution in [0.5, 0.6) is 5.75 Å². The molecular formula is C17H14FN5O. The number of fused-ring (bicyclic) bond motifs is 1. The minimum absolute atomic E-state index is 0.0698. The number of anilines is 2. The van der Waals surface area contributed by atoms with Crippen molar-refractivity contribution in [1.82, 2.24) is 15.0 Å². The maximum atomic E-state index is 13.4. The molecule has 0 radical (unpaired) electrons. The van der Waals surface area contributed by atoms with Gasteiger partial charge in [0.25, 0.3) is 0 Å². The Morgan fingerprint density at radius 1 is 1.00 bits per heavy atom. The van der Waals surface area contributed by atoms with Crippen LogP contribution < -0.4 is 10.6 Å². The van der Waals surface area contributed by atoms with Gasteiger partial charge in [0, 0.05) is 13.1 Å². The Morgan fingerprint density at radius 3 is 2.62 bits per heavy atom. The maximum Gasteiger partial charge on any atom is 0.231 e. The molecule has 1 aliphatic heterocycles. The van der Waals surface area contributed by atoms with E-state index in [0.29, 0.717) is 30.4 Å². The van der Waals surface area contributed by atoms with Crippen molar-refractivity contribution in [3.63, 3.8) is 0 Å². The highest BCUT2D eigenvalue weighted by atomic mass is 19.1. The van der Waals surface area contributed by atoms with E-state index in [2.05, 4.69) is 15.0 Å². The van der Waals surface area contributed by atoms with Crippen molar-refractivity contribution in [2.45, 2.75) is 13.1 Å². The molecule has 24 heavy (non-hydrogen) atoms. The first-order chi connectivity index (χ1) is 11.6. The third-order valence-corrected chi connectivity index (χ3v) is 3.96. The largest absolute Gasteiger partial charge is 0.507 e. The van der Waals surface area contributed by atoms with Gasteiger partial charge in [-0.25, -0.2) is 4.39 Å². The van der Waals surface area contributed by atoms with Gasteiger partial charge in [0.2, 0.25) is 11.9 Å². The van der Waals surface area contributed by atoms with E-state index in [-0.39, 0.29) is 17.5 Å². The summed E-state index contributed by atoms with van der Waals surface area (Å²) in [5.41, 5.74) is 8.22. The van der Waals surface area contributed by atoms with Gasteiger partial charge < -0.3 is 15.7 Å². The van der Waals surface area contributed by atoms with Crippen LogP contribution in [0, 0.1) is 5.82 Å². The number of para-hydroxylation sites is 1. The Hall–Kier alpha value is -3.22. The lowest BCUT2D eigenvalue weighted by atomic mass is 10.1. The molecule has 4 rings (SSSR count). The van der Waals surface area contributed by atoms with Crippen molar-refractivity contribution in [3.8, 4) is 17.1 Å². The lowest BCUT2D eigenvalue weighted by molar-refractivity contribution is 0.477. The molecule has 0 fully saturated rings. The van der Waals surface area contributed by atoms with E-state index in [9.17, 15) is 9.50 Å².